The molecule has 0 spiro atoms. The molecule has 0 N–H and O–H groups in total. The first-order valence-electron chi connectivity index (χ1n) is 6.33. The van der Waals surface area contributed by atoms with E-state index >= 15 is 0 Å². The molecule has 0 heteroatoms. The molecule has 4 rings (SSSR count). The normalized spacial score (nSPS) is 13.0. The van der Waals surface area contributed by atoms with Crippen LogP contribution in [0, 0.1) is 0 Å². The van der Waals surface area contributed by atoms with Crippen LogP contribution in [0.3, 0.4) is 0 Å². The van der Waals surface area contributed by atoms with E-state index in [-0.39, 0.29) is 0 Å². The van der Waals surface area contributed by atoms with Crippen LogP contribution >= 0.6 is 0 Å². The molecule has 0 saturated carbocycles. The Kier molecular flexibility index (Phi) is 1.69. The minimum absolute atomic E-state index is 1.11. The van der Waals surface area contributed by atoms with Gasteiger partial charge in [-0.05, 0) is 51.1 Å². The van der Waals surface area contributed by atoms with Gasteiger partial charge in [0.1, 0.15) is 0 Å². The van der Waals surface area contributed by atoms with Gasteiger partial charge in [0.25, 0.3) is 0 Å². The van der Waals surface area contributed by atoms with E-state index in [0.717, 1.165) is 12.8 Å². The molecule has 0 bridgehead atoms. The predicted molar refractivity (Wildman–Crippen MR) is 73.6 cm³/mol. The van der Waals surface area contributed by atoms with E-state index in [9.17, 15) is 0 Å². The molecule has 0 nitrogen and oxygen atoms in total. The molecule has 0 aromatic heterocycles. The van der Waals surface area contributed by atoms with Gasteiger partial charge in [-0.1, -0.05) is 49.4 Å². The smallest absolute Gasteiger partial charge is 0.00130 e. The van der Waals surface area contributed by atoms with Crippen LogP contribution < -0.4 is 0 Å². The highest BCUT2D eigenvalue weighted by Crippen LogP contribution is 2.39. The number of aryl methyl sites for hydroxylation is 1. The van der Waals surface area contributed by atoms with Crippen LogP contribution in [-0.4, -0.2) is 0 Å². The first-order valence-corrected chi connectivity index (χ1v) is 6.33. The fourth-order valence-corrected chi connectivity index (χ4v) is 3.27. The maximum absolute atomic E-state index is 2.37. The fourth-order valence-electron chi connectivity index (χ4n) is 3.27. The lowest BCUT2D eigenvalue weighted by Crippen LogP contribution is -1.85. The number of hydrogen-bond acceptors (Lipinski definition) is 0. The summed E-state index contributed by atoms with van der Waals surface area (Å²) in [5.74, 6) is 0. The van der Waals surface area contributed by atoms with Crippen molar-refractivity contribution in [3.63, 3.8) is 0 Å². The zero-order valence-electron chi connectivity index (χ0n) is 9.96. The van der Waals surface area contributed by atoms with Gasteiger partial charge < -0.3 is 0 Å². The van der Waals surface area contributed by atoms with Gasteiger partial charge in [0.15, 0.2) is 0 Å². The van der Waals surface area contributed by atoms with Crippen molar-refractivity contribution in [2.24, 2.45) is 0 Å². The van der Waals surface area contributed by atoms with Gasteiger partial charge in [-0.3, -0.25) is 0 Å². The van der Waals surface area contributed by atoms with Crippen molar-refractivity contribution in [1.29, 1.82) is 0 Å². The summed E-state index contributed by atoms with van der Waals surface area (Å²) in [6.45, 7) is 2.25. The van der Waals surface area contributed by atoms with Gasteiger partial charge in [0.2, 0.25) is 0 Å². The Morgan fingerprint density at radius 3 is 2.53 bits per heavy atom. The summed E-state index contributed by atoms with van der Waals surface area (Å²) in [5, 5.41) is 5.88. The van der Waals surface area contributed by atoms with Crippen molar-refractivity contribution in [2.75, 3.05) is 0 Å². The lowest BCUT2D eigenvalue weighted by atomic mass is 9.96. The molecular formula is C17H14. The number of hydrogen-bond donors (Lipinski definition) is 0. The van der Waals surface area contributed by atoms with E-state index in [4.69, 9.17) is 0 Å². The standard InChI is InChI=1S/C17H14/c1-2-11-9-12-5-3-6-13-10-14-7-4-8-15(11)17(14)16(12)13/h3-9H,2,10H2,1H3. The monoisotopic (exact) mass is 218 g/mol. The average Bonchev–Trinajstić information content (AvgIpc) is 2.75. The van der Waals surface area contributed by atoms with Crippen molar-refractivity contribution in [2.45, 2.75) is 19.8 Å². The van der Waals surface area contributed by atoms with Crippen LogP contribution in [0.5, 0.6) is 0 Å². The quantitative estimate of drug-likeness (QED) is 0.414. The number of benzene rings is 3. The largest absolute Gasteiger partial charge is 0.0613 e. The highest BCUT2D eigenvalue weighted by molar-refractivity contribution is 6.14. The van der Waals surface area contributed by atoms with Gasteiger partial charge >= 0.3 is 0 Å². The summed E-state index contributed by atoms with van der Waals surface area (Å²) in [4.78, 5) is 0. The third-order valence-electron chi connectivity index (χ3n) is 4.02. The molecule has 0 amide bonds. The first-order chi connectivity index (χ1) is 8.38. The fraction of sp³-hybridized carbons (Fsp3) is 0.176. The lowest BCUT2D eigenvalue weighted by Gasteiger charge is -2.08. The topological polar surface area (TPSA) is 0 Å². The van der Waals surface area contributed by atoms with Crippen LogP contribution in [0.15, 0.2) is 42.5 Å². The van der Waals surface area contributed by atoms with Crippen molar-refractivity contribution >= 4 is 21.5 Å². The molecule has 82 valence electrons. The second-order valence-corrected chi connectivity index (χ2v) is 4.92. The first kappa shape index (κ1) is 9.23. The summed E-state index contributed by atoms with van der Waals surface area (Å²) in [6.07, 6.45) is 2.22. The molecule has 0 atom stereocenters. The van der Waals surface area contributed by atoms with E-state index in [0.29, 0.717) is 0 Å². The molecule has 0 unspecified atom stereocenters. The van der Waals surface area contributed by atoms with Crippen LogP contribution in [0.4, 0.5) is 0 Å². The van der Waals surface area contributed by atoms with Gasteiger partial charge in [-0.2, -0.15) is 0 Å². The van der Waals surface area contributed by atoms with Gasteiger partial charge in [-0.15, -0.1) is 0 Å². The second kappa shape index (κ2) is 3.10. The zero-order valence-corrected chi connectivity index (χ0v) is 9.96. The van der Waals surface area contributed by atoms with Crippen LogP contribution in [-0.2, 0) is 12.8 Å². The molecule has 0 radical (unpaired) electrons. The van der Waals surface area contributed by atoms with Crippen molar-refractivity contribution in [3.8, 4) is 0 Å². The van der Waals surface area contributed by atoms with Crippen molar-refractivity contribution in [1.82, 2.24) is 0 Å². The Morgan fingerprint density at radius 2 is 1.71 bits per heavy atom. The van der Waals surface area contributed by atoms with E-state index in [1.165, 1.54) is 38.2 Å². The minimum atomic E-state index is 1.11. The Balaban J connectivity index is 2.35. The Morgan fingerprint density at radius 1 is 0.941 bits per heavy atom. The van der Waals surface area contributed by atoms with Gasteiger partial charge in [0, 0.05) is 0 Å². The lowest BCUT2D eigenvalue weighted by molar-refractivity contribution is 1.16. The molecule has 0 saturated heterocycles. The molecule has 0 heterocycles. The zero-order chi connectivity index (χ0) is 11.4. The van der Waals surface area contributed by atoms with E-state index in [2.05, 4.69) is 49.4 Å². The van der Waals surface area contributed by atoms with Gasteiger partial charge in [0.05, 0.1) is 0 Å². The summed E-state index contributed by atoms with van der Waals surface area (Å²) in [6, 6.07) is 15.8. The molecule has 0 aliphatic heterocycles. The predicted octanol–water partition coefficient (Wildman–Crippen LogP) is 4.46. The molecule has 17 heavy (non-hydrogen) atoms. The molecule has 3 aromatic rings. The summed E-state index contributed by atoms with van der Waals surface area (Å²) >= 11 is 0. The van der Waals surface area contributed by atoms with E-state index < -0.39 is 0 Å². The third-order valence-corrected chi connectivity index (χ3v) is 4.02. The number of rotatable bonds is 1. The molecule has 1 aliphatic carbocycles. The van der Waals surface area contributed by atoms with Gasteiger partial charge in [-0.25, -0.2) is 0 Å². The molecule has 0 fully saturated rings. The minimum Gasteiger partial charge on any atom is -0.0613 e. The second-order valence-electron chi connectivity index (χ2n) is 4.92. The van der Waals surface area contributed by atoms with Crippen LogP contribution in [0.25, 0.3) is 21.5 Å². The molecule has 3 aromatic carbocycles. The molecule has 1 aliphatic rings. The Hall–Kier alpha value is -1.82. The summed E-state index contributed by atoms with van der Waals surface area (Å²) in [7, 11) is 0. The SMILES string of the molecule is CCc1cc2cccc3c2c2c(cccc12)C3. The summed E-state index contributed by atoms with van der Waals surface area (Å²) in [5.41, 5.74) is 4.48. The van der Waals surface area contributed by atoms with E-state index in [1.54, 1.807) is 0 Å². The third kappa shape index (κ3) is 1.08. The van der Waals surface area contributed by atoms with E-state index in [1.807, 2.05) is 0 Å². The van der Waals surface area contributed by atoms with Crippen molar-refractivity contribution < 1.29 is 0 Å². The Labute approximate surface area is 101 Å². The highest BCUT2D eigenvalue weighted by atomic mass is 14.2. The maximum atomic E-state index is 2.37. The van der Waals surface area contributed by atoms with Crippen molar-refractivity contribution in [3.05, 3.63) is 59.2 Å². The molecular weight excluding hydrogens is 204 g/mol. The van der Waals surface area contributed by atoms with Crippen LogP contribution in [0.1, 0.15) is 23.6 Å². The maximum Gasteiger partial charge on any atom is -0.00130 e. The average molecular weight is 218 g/mol. The summed E-state index contributed by atoms with van der Waals surface area (Å²) < 4.78 is 0. The Bertz CT molecular complexity index is 751. The van der Waals surface area contributed by atoms with Crippen LogP contribution in [0.2, 0.25) is 0 Å². The highest BCUT2D eigenvalue weighted by Gasteiger charge is 2.17.